The number of nitriles is 1. The van der Waals surface area contributed by atoms with E-state index in [0.717, 1.165) is 6.08 Å². The fourth-order valence-corrected chi connectivity index (χ4v) is 1.61. The van der Waals surface area contributed by atoms with Gasteiger partial charge in [-0.05, 0) is 25.7 Å². The van der Waals surface area contributed by atoms with Crippen LogP contribution in [0.1, 0.15) is 20.3 Å². The van der Waals surface area contributed by atoms with Crippen LogP contribution in [0.3, 0.4) is 0 Å². The van der Waals surface area contributed by atoms with Crippen LogP contribution in [0.2, 0.25) is 0 Å². The highest BCUT2D eigenvalue weighted by atomic mass is 32.2. The normalized spacial score (nSPS) is 14.8. The van der Waals surface area contributed by atoms with Crippen molar-refractivity contribution < 1.29 is 13.2 Å². The van der Waals surface area contributed by atoms with E-state index in [0.29, 0.717) is 11.3 Å². The van der Waals surface area contributed by atoms with Crippen molar-refractivity contribution in [1.82, 2.24) is 0 Å². The number of nitrogens with zero attached hydrogens (tertiary/aromatic N) is 1. The van der Waals surface area contributed by atoms with Gasteiger partial charge in [-0.3, -0.25) is 0 Å². The van der Waals surface area contributed by atoms with Crippen molar-refractivity contribution >= 4 is 11.8 Å². The number of thioether (sulfide) groups is 1. The average molecular weight is 261 g/mol. The number of rotatable bonds is 4. The summed E-state index contributed by atoms with van der Waals surface area (Å²) >= 11 is 1.21. The third-order valence-corrected chi connectivity index (χ3v) is 2.76. The van der Waals surface area contributed by atoms with Crippen molar-refractivity contribution in [3.63, 3.8) is 0 Å². The summed E-state index contributed by atoms with van der Waals surface area (Å²) in [5, 5.41) is 8.76. The minimum absolute atomic E-state index is 0.326. The van der Waals surface area contributed by atoms with Crippen LogP contribution >= 0.6 is 11.8 Å². The maximum absolute atomic E-state index is 12.8. The summed E-state index contributed by atoms with van der Waals surface area (Å²) in [6, 6.07) is 1.60. The average Bonchev–Trinajstić information content (AvgIpc) is 2.27. The molecule has 94 valence electrons. The van der Waals surface area contributed by atoms with Crippen LogP contribution in [-0.2, 0) is 0 Å². The van der Waals surface area contributed by atoms with Gasteiger partial charge in [-0.1, -0.05) is 19.1 Å². The molecule has 0 spiro atoms. The van der Waals surface area contributed by atoms with E-state index in [1.54, 1.807) is 32.2 Å². The molecular weight excluding hydrogens is 247 g/mol. The monoisotopic (exact) mass is 261 g/mol. The number of allylic oxidation sites excluding steroid dienone is 5. The Morgan fingerprint density at radius 1 is 1.41 bits per heavy atom. The predicted octanol–water partition coefficient (Wildman–Crippen LogP) is 4.60. The summed E-state index contributed by atoms with van der Waals surface area (Å²) in [5.74, 6) is 0. The zero-order chi connectivity index (χ0) is 13.5. The molecule has 0 unspecified atom stereocenters. The number of alkyl halides is 3. The molecule has 0 bridgehead atoms. The van der Waals surface area contributed by atoms with Gasteiger partial charge in [-0.15, -0.1) is 11.8 Å². The minimum atomic E-state index is -4.51. The van der Waals surface area contributed by atoms with Crippen molar-refractivity contribution in [2.45, 2.75) is 26.4 Å². The van der Waals surface area contributed by atoms with Crippen LogP contribution in [0.15, 0.2) is 34.3 Å². The van der Waals surface area contributed by atoms with Crippen LogP contribution < -0.4 is 0 Å². The third-order valence-electron chi connectivity index (χ3n) is 1.93. The van der Waals surface area contributed by atoms with Gasteiger partial charge in [0, 0.05) is 4.91 Å². The van der Waals surface area contributed by atoms with Gasteiger partial charge in [-0.2, -0.15) is 18.4 Å². The molecule has 0 aromatic carbocycles. The van der Waals surface area contributed by atoms with Crippen LogP contribution in [0, 0.1) is 11.3 Å². The second kappa shape index (κ2) is 7.23. The Hall–Kier alpha value is -1.15. The molecule has 0 aliphatic carbocycles. The minimum Gasteiger partial charge on any atom is -0.192 e. The maximum atomic E-state index is 12.8. The predicted molar refractivity (Wildman–Crippen MR) is 65.4 cm³/mol. The molecule has 0 saturated carbocycles. The van der Waals surface area contributed by atoms with Gasteiger partial charge in [0.25, 0.3) is 0 Å². The Morgan fingerprint density at radius 3 is 2.29 bits per heavy atom. The topological polar surface area (TPSA) is 23.8 Å². The highest BCUT2D eigenvalue weighted by Crippen LogP contribution is 2.33. The van der Waals surface area contributed by atoms with Gasteiger partial charge >= 0.3 is 6.18 Å². The van der Waals surface area contributed by atoms with Crippen molar-refractivity contribution in [2.24, 2.45) is 0 Å². The number of halogens is 3. The molecular formula is C12H14F3NS. The Bertz CT molecular complexity index is 384. The lowest BCUT2D eigenvalue weighted by molar-refractivity contribution is -0.0889. The first-order chi connectivity index (χ1) is 7.90. The lowest BCUT2D eigenvalue weighted by Crippen LogP contribution is -2.13. The molecule has 0 N–H and O–H groups in total. The Kier molecular flexibility index (Phi) is 6.74. The molecule has 0 heterocycles. The first-order valence-electron chi connectivity index (χ1n) is 5.00. The van der Waals surface area contributed by atoms with Gasteiger partial charge < -0.3 is 0 Å². The van der Waals surface area contributed by atoms with Crippen LogP contribution in [-0.4, -0.2) is 12.4 Å². The molecule has 0 aromatic rings. The first kappa shape index (κ1) is 15.9. The van der Waals surface area contributed by atoms with E-state index in [9.17, 15) is 13.2 Å². The first-order valence-corrected chi connectivity index (χ1v) is 6.23. The van der Waals surface area contributed by atoms with E-state index < -0.39 is 11.7 Å². The van der Waals surface area contributed by atoms with Crippen molar-refractivity contribution in [2.75, 3.05) is 6.26 Å². The molecule has 0 saturated heterocycles. The standard InChI is InChI=1S/C12H14F3NS/c1-4-6-9(8-16)11(12(13,14)15)7-10(5-2)17-3/h5-7H,4H2,1-3H3/b9-6-,10-5+,11-7+. The van der Waals surface area contributed by atoms with E-state index in [1.807, 2.05) is 0 Å². The van der Waals surface area contributed by atoms with Crippen molar-refractivity contribution in [1.29, 1.82) is 5.26 Å². The van der Waals surface area contributed by atoms with Gasteiger partial charge in [-0.25, -0.2) is 0 Å². The fraction of sp³-hybridized carbons (Fsp3) is 0.417. The molecule has 0 aromatic heterocycles. The molecule has 5 heteroatoms. The molecule has 0 rings (SSSR count). The summed E-state index contributed by atoms with van der Waals surface area (Å²) in [7, 11) is 0. The van der Waals surface area contributed by atoms with E-state index in [2.05, 4.69) is 0 Å². The highest BCUT2D eigenvalue weighted by molar-refractivity contribution is 8.02. The SMILES string of the molecule is C\C=C(/C=C(\C(C#N)=C/CC)C(F)(F)F)SC. The van der Waals surface area contributed by atoms with Crippen LogP contribution in [0.5, 0.6) is 0 Å². The molecule has 0 amide bonds. The summed E-state index contributed by atoms with van der Waals surface area (Å²) in [6.07, 6.45) is 1.44. The summed E-state index contributed by atoms with van der Waals surface area (Å²) in [4.78, 5) is 0.481. The zero-order valence-electron chi connectivity index (χ0n) is 9.93. The highest BCUT2D eigenvalue weighted by Gasteiger charge is 2.36. The molecule has 1 nitrogen and oxygen atoms in total. The summed E-state index contributed by atoms with van der Waals surface area (Å²) < 4.78 is 38.5. The molecule has 17 heavy (non-hydrogen) atoms. The van der Waals surface area contributed by atoms with Crippen molar-refractivity contribution in [3.05, 3.63) is 34.3 Å². The van der Waals surface area contributed by atoms with Gasteiger partial charge in [0.15, 0.2) is 0 Å². The summed E-state index contributed by atoms with van der Waals surface area (Å²) in [5.41, 5.74) is -1.21. The van der Waals surface area contributed by atoms with E-state index in [1.165, 1.54) is 17.8 Å². The Balaban J connectivity index is 5.62. The van der Waals surface area contributed by atoms with E-state index in [4.69, 9.17) is 5.26 Å². The second-order valence-electron chi connectivity index (χ2n) is 3.09. The lowest BCUT2D eigenvalue weighted by atomic mass is 10.1. The van der Waals surface area contributed by atoms with E-state index >= 15 is 0 Å². The Labute approximate surface area is 104 Å². The molecule has 0 atom stereocenters. The molecule has 0 aliphatic heterocycles. The largest absolute Gasteiger partial charge is 0.417 e. The van der Waals surface area contributed by atoms with Crippen LogP contribution in [0.4, 0.5) is 13.2 Å². The van der Waals surface area contributed by atoms with Gasteiger partial charge in [0.2, 0.25) is 0 Å². The van der Waals surface area contributed by atoms with Gasteiger partial charge in [0.05, 0.1) is 17.2 Å². The van der Waals surface area contributed by atoms with Crippen molar-refractivity contribution in [3.8, 4) is 6.07 Å². The molecule has 0 fully saturated rings. The second-order valence-corrected chi connectivity index (χ2v) is 3.97. The molecule has 0 aliphatic rings. The van der Waals surface area contributed by atoms with E-state index in [-0.39, 0.29) is 5.57 Å². The van der Waals surface area contributed by atoms with Crippen LogP contribution in [0.25, 0.3) is 0 Å². The quantitative estimate of drug-likeness (QED) is 0.545. The van der Waals surface area contributed by atoms with Gasteiger partial charge in [0.1, 0.15) is 0 Å². The Morgan fingerprint density at radius 2 is 2.00 bits per heavy atom. The smallest absolute Gasteiger partial charge is 0.192 e. The lowest BCUT2D eigenvalue weighted by Gasteiger charge is -2.11. The molecule has 0 radical (unpaired) electrons. The maximum Gasteiger partial charge on any atom is 0.417 e. The number of hydrogen-bond acceptors (Lipinski definition) is 2. The zero-order valence-corrected chi connectivity index (χ0v) is 10.7. The fourth-order valence-electron chi connectivity index (χ4n) is 1.13. The summed E-state index contributed by atoms with van der Waals surface area (Å²) in [6.45, 7) is 3.35. The number of hydrogen-bond donors (Lipinski definition) is 0. The third kappa shape index (κ3) is 5.14.